The molecule has 0 bridgehead atoms. The molecule has 3 rings (SSSR count). The van der Waals surface area contributed by atoms with Crippen molar-refractivity contribution in [3.05, 3.63) is 90.5 Å². The molecule has 0 fully saturated rings. The highest BCUT2D eigenvalue weighted by Gasteiger charge is 2.32. The maximum absolute atomic E-state index is 12.7. The molecule has 138 valence electrons. The summed E-state index contributed by atoms with van der Waals surface area (Å²) in [6.45, 7) is 3.89. The van der Waals surface area contributed by atoms with Crippen molar-refractivity contribution in [1.29, 1.82) is 0 Å². The van der Waals surface area contributed by atoms with Gasteiger partial charge in [0, 0.05) is 11.1 Å². The summed E-state index contributed by atoms with van der Waals surface area (Å²) in [7, 11) is 0. The molecule has 0 radical (unpaired) electrons. The quantitative estimate of drug-likeness (QED) is 0.495. The lowest BCUT2D eigenvalue weighted by Crippen LogP contribution is -2.17. The van der Waals surface area contributed by atoms with E-state index in [1.807, 2.05) is 36.4 Å². The number of rotatable bonds is 6. The predicted octanol–water partition coefficient (Wildman–Crippen LogP) is 6.47. The molecule has 0 saturated heterocycles. The van der Waals surface area contributed by atoms with Crippen molar-refractivity contribution < 1.29 is 22.6 Å². The van der Waals surface area contributed by atoms with Gasteiger partial charge in [-0.1, -0.05) is 73.3 Å². The highest BCUT2D eigenvalue weighted by molar-refractivity contribution is 5.74. The number of alkyl halides is 3. The van der Waals surface area contributed by atoms with Crippen LogP contribution >= 0.6 is 0 Å². The Bertz CT molecular complexity index is 918. The second-order valence-electron chi connectivity index (χ2n) is 5.77. The molecule has 3 aromatic rings. The van der Waals surface area contributed by atoms with Gasteiger partial charge in [0.05, 0.1) is 0 Å². The number of para-hydroxylation sites is 1. The van der Waals surface area contributed by atoms with E-state index in [-0.39, 0.29) is 11.3 Å². The van der Waals surface area contributed by atoms with Gasteiger partial charge < -0.3 is 9.47 Å². The molecule has 2 nitrogen and oxygen atoms in total. The van der Waals surface area contributed by atoms with Crippen molar-refractivity contribution in [3.63, 3.8) is 0 Å². The Hall–Kier alpha value is -3.21. The SMILES string of the molecule is C=Cc1ccc(-c2ccccc2OCc2ccccc2)cc1OC(F)(F)F. The average Bonchev–Trinajstić information content (AvgIpc) is 2.66. The van der Waals surface area contributed by atoms with Crippen LogP contribution in [0, 0.1) is 0 Å². The van der Waals surface area contributed by atoms with Crippen LogP contribution in [0.15, 0.2) is 79.4 Å². The number of benzene rings is 3. The summed E-state index contributed by atoms with van der Waals surface area (Å²) in [5.74, 6) is 0.276. The van der Waals surface area contributed by atoms with Crippen LogP contribution in [0.2, 0.25) is 0 Å². The Balaban J connectivity index is 1.92. The third-order valence-electron chi connectivity index (χ3n) is 3.89. The zero-order valence-corrected chi connectivity index (χ0v) is 14.4. The van der Waals surface area contributed by atoms with Gasteiger partial charge in [0.2, 0.25) is 0 Å². The van der Waals surface area contributed by atoms with Crippen LogP contribution in [0.25, 0.3) is 17.2 Å². The summed E-state index contributed by atoms with van der Waals surface area (Å²) < 4.78 is 48.1. The van der Waals surface area contributed by atoms with E-state index < -0.39 is 6.36 Å². The lowest BCUT2D eigenvalue weighted by Gasteiger charge is -2.15. The largest absolute Gasteiger partial charge is 0.573 e. The zero-order valence-electron chi connectivity index (χ0n) is 14.4. The Kier molecular flexibility index (Phi) is 5.50. The van der Waals surface area contributed by atoms with Crippen LogP contribution in [0.1, 0.15) is 11.1 Å². The highest BCUT2D eigenvalue weighted by atomic mass is 19.4. The first-order valence-electron chi connectivity index (χ1n) is 8.24. The summed E-state index contributed by atoms with van der Waals surface area (Å²) in [6.07, 6.45) is -3.46. The summed E-state index contributed by atoms with van der Waals surface area (Å²) >= 11 is 0. The second-order valence-corrected chi connectivity index (χ2v) is 5.77. The van der Waals surface area contributed by atoms with E-state index in [4.69, 9.17) is 4.74 Å². The van der Waals surface area contributed by atoms with E-state index in [0.29, 0.717) is 23.5 Å². The number of ether oxygens (including phenoxy) is 2. The van der Waals surface area contributed by atoms with E-state index >= 15 is 0 Å². The van der Waals surface area contributed by atoms with E-state index in [0.717, 1.165) is 5.56 Å². The standard InChI is InChI=1S/C22H17F3O2/c1-2-17-12-13-18(14-21(17)27-22(23,24)25)19-10-6-7-11-20(19)26-15-16-8-4-3-5-9-16/h2-14H,1,15H2. The molecule has 0 N–H and O–H groups in total. The molecule has 0 heterocycles. The first-order valence-corrected chi connectivity index (χ1v) is 8.24. The monoisotopic (exact) mass is 370 g/mol. The third-order valence-corrected chi connectivity index (χ3v) is 3.89. The molecule has 5 heteroatoms. The number of halogens is 3. The molecular weight excluding hydrogens is 353 g/mol. The predicted molar refractivity (Wildman–Crippen MR) is 99.4 cm³/mol. The first kappa shape index (κ1) is 18.6. The van der Waals surface area contributed by atoms with Gasteiger partial charge in [-0.05, 0) is 23.3 Å². The molecule has 0 spiro atoms. The van der Waals surface area contributed by atoms with Crippen LogP contribution in [-0.2, 0) is 6.61 Å². The lowest BCUT2D eigenvalue weighted by molar-refractivity contribution is -0.274. The van der Waals surface area contributed by atoms with Gasteiger partial charge in [0.15, 0.2) is 0 Å². The molecule has 0 atom stereocenters. The average molecular weight is 370 g/mol. The summed E-state index contributed by atoms with van der Waals surface area (Å²) in [5.41, 5.74) is 2.49. The fraction of sp³-hybridized carbons (Fsp3) is 0.0909. The Morgan fingerprint density at radius 3 is 2.26 bits per heavy atom. The van der Waals surface area contributed by atoms with E-state index in [2.05, 4.69) is 11.3 Å². The van der Waals surface area contributed by atoms with E-state index in [1.54, 1.807) is 24.3 Å². The highest BCUT2D eigenvalue weighted by Crippen LogP contribution is 2.36. The van der Waals surface area contributed by atoms with Crippen molar-refractivity contribution >= 4 is 6.08 Å². The molecule has 0 amide bonds. The molecule has 0 saturated carbocycles. The summed E-state index contributed by atoms with van der Waals surface area (Å²) in [5, 5.41) is 0. The van der Waals surface area contributed by atoms with Gasteiger partial charge in [-0.25, -0.2) is 0 Å². The molecule has 0 unspecified atom stereocenters. The Morgan fingerprint density at radius 1 is 0.852 bits per heavy atom. The van der Waals surface area contributed by atoms with Gasteiger partial charge in [-0.2, -0.15) is 0 Å². The fourth-order valence-corrected chi connectivity index (χ4v) is 2.65. The fourth-order valence-electron chi connectivity index (χ4n) is 2.65. The zero-order chi connectivity index (χ0) is 19.3. The molecular formula is C22H17F3O2. The van der Waals surface area contributed by atoms with Crippen LogP contribution < -0.4 is 9.47 Å². The molecule has 0 aliphatic rings. The molecule has 0 aliphatic carbocycles. The van der Waals surface area contributed by atoms with Crippen molar-refractivity contribution in [2.75, 3.05) is 0 Å². The minimum Gasteiger partial charge on any atom is -0.488 e. The van der Waals surface area contributed by atoms with Crippen LogP contribution in [0.4, 0.5) is 13.2 Å². The number of hydrogen-bond acceptors (Lipinski definition) is 2. The van der Waals surface area contributed by atoms with Crippen LogP contribution in [-0.4, -0.2) is 6.36 Å². The third kappa shape index (κ3) is 4.91. The molecule has 0 aromatic heterocycles. The van der Waals surface area contributed by atoms with Crippen molar-refractivity contribution in [2.24, 2.45) is 0 Å². The molecule has 0 aliphatic heterocycles. The minimum atomic E-state index is -4.78. The van der Waals surface area contributed by atoms with Gasteiger partial charge in [-0.15, -0.1) is 13.2 Å². The molecule has 3 aromatic carbocycles. The Morgan fingerprint density at radius 2 is 1.56 bits per heavy atom. The molecule has 27 heavy (non-hydrogen) atoms. The van der Waals surface area contributed by atoms with Crippen LogP contribution in [0.5, 0.6) is 11.5 Å². The Labute approximate surface area is 155 Å². The van der Waals surface area contributed by atoms with Crippen molar-refractivity contribution in [2.45, 2.75) is 13.0 Å². The van der Waals surface area contributed by atoms with Crippen LogP contribution in [0.3, 0.4) is 0 Å². The normalized spacial score (nSPS) is 11.1. The van der Waals surface area contributed by atoms with Crippen molar-refractivity contribution in [1.82, 2.24) is 0 Å². The van der Waals surface area contributed by atoms with Gasteiger partial charge in [-0.3, -0.25) is 0 Å². The van der Waals surface area contributed by atoms with Gasteiger partial charge >= 0.3 is 6.36 Å². The maximum atomic E-state index is 12.7. The van der Waals surface area contributed by atoms with E-state index in [1.165, 1.54) is 18.2 Å². The lowest BCUT2D eigenvalue weighted by atomic mass is 10.0. The second kappa shape index (κ2) is 7.99. The minimum absolute atomic E-state index is 0.263. The van der Waals surface area contributed by atoms with Gasteiger partial charge in [0.1, 0.15) is 18.1 Å². The smallest absolute Gasteiger partial charge is 0.488 e. The topological polar surface area (TPSA) is 18.5 Å². The number of hydrogen-bond donors (Lipinski definition) is 0. The van der Waals surface area contributed by atoms with Crippen molar-refractivity contribution in [3.8, 4) is 22.6 Å². The summed E-state index contributed by atoms with van der Waals surface area (Å²) in [4.78, 5) is 0. The maximum Gasteiger partial charge on any atom is 0.573 e. The van der Waals surface area contributed by atoms with Gasteiger partial charge in [0.25, 0.3) is 0 Å². The summed E-state index contributed by atoms with van der Waals surface area (Å²) in [6, 6.07) is 21.4. The first-order chi connectivity index (χ1) is 13.0. The van der Waals surface area contributed by atoms with E-state index in [9.17, 15) is 13.2 Å².